The van der Waals surface area contributed by atoms with Crippen LogP contribution < -0.4 is 5.32 Å². The molecule has 6 aliphatic carbocycles. The number of aliphatic hydroxyl groups is 1. The molecule has 0 aromatic carbocycles. The van der Waals surface area contributed by atoms with E-state index in [4.69, 9.17) is 4.74 Å². The lowest BCUT2D eigenvalue weighted by atomic mass is 9.32. The Kier molecular flexibility index (Phi) is 8.05. The normalized spacial score (nSPS) is 50.6. The molecule has 6 fully saturated rings. The van der Waals surface area contributed by atoms with Gasteiger partial charge >= 0.3 is 0 Å². The van der Waals surface area contributed by atoms with Crippen LogP contribution in [0.3, 0.4) is 0 Å². The second kappa shape index (κ2) is 11.2. The summed E-state index contributed by atoms with van der Waals surface area (Å²) < 4.78 is 5.56. The van der Waals surface area contributed by atoms with Crippen molar-refractivity contribution in [3.8, 4) is 0 Å². The highest BCUT2D eigenvalue weighted by Crippen LogP contribution is 2.77. The van der Waals surface area contributed by atoms with E-state index in [0.29, 0.717) is 41.4 Å². The minimum atomic E-state index is -0.259. The van der Waals surface area contributed by atoms with Gasteiger partial charge in [0.15, 0.2) is 0 Å². The average Bonchev–Trinajstić information content (AvgIpc) is 3.61. The summed E-state index contributed by atoms with van der Waals surface area (Å²) in [6.45, 7) is 24.3. The number of nitrogens with one attached hydrogen (secondary N) is 1. The van der Waals surface area contributed by atoms with Crippen LogP contribution >= 0.6 is 0 Å². The fraction of sp³-hybridized carbons (Fsp3) is 0.875. The predicted octanol–water partition coefficient (Wildman–Crippen LogP) is 7.40. The third-order valence-electron chi connectivity index (χ3n) is 16.6. The Hall–Kier alpha value is -1.17. The van der Waals surface area contributed by atoms with Crippen LogP contribution in [-0.4, -0.2) is 60.9 Å². The summed E-state index contributed by atoms with van der Waals surface area (Å²) in [7, 11) is 0. The average molecular weight is 621 g/mol. The van der Waals surface area contributed by atoms with E-state index in [1.54, 1.807) is 0 Å². The van der Waals surface area contributed by atoms with E-state index < -0.39 is 0 Å². The van der Waals surface area contributed by atoms with E-state index in [0.717, 1.165) is 71.4 Å². The molecular formula is C40H64N2O3. The van der Waals surface area contributed by atoms with E-state index in [2.05, 4.69) is 70.5 Å². The summed E-state index contributed by atoms with van der Waals surface area (Å²) in [5, 5.41) is 14.7. The molecule has 12 atom stereocenters. The highest BCUT2D eigenvalue weighted by Gasteiger charge is 2.71. The van der Waals surface area contributed by atoms with Gasteiger partial charge in [0.25, 0.3) is 0 Å². The Morgan fingerprint density at radius 1 is 0.911 bits per heavy atom. The van der Waals surface area contributed by atoms with Crippen LogP contribution in [0.1, 0.15) is 112 Å². The van der Waals surface area contributed by atoms with E-state index in [-0.39, 0.29) is 39.2 Å². The third-order valence-corrected chi connectivity index (χ3v) is 16.6. The van der Waals surface area contributed by atoms with Gasteiger partial charge in [-0.2, -0.15) is 0 Å². The van der Waals surface area contributed by atoms with Crippen molar-refractivity contribution in [2.45, 2.75) is 124 Å². The number of fused-ring (bicyclic) bond motifs is 7. The first-order valence-corrected chi connectivity index (χ1v) is 18.9. The maximum Gasteiger partial charge on any atom is 0.226 e. The van der Waals surface area contributed by atoms with Crippen LogP contribution in [0.25, 0.3) is 0 Å². The molecule has 1 amide bonds. The van der Waals surface area contributed by atoms with Crippen molar-refractivity contribution in [1.82, 2.24) is 10.2 Å². The minimum absolute atomic E-state index is 0.0156. The molecular weight excluding hydrogens is 556 g/mol. The van der Waals surface area contributed by atoms with Crippen molar-refractivity contribution in [2.24, 2.45) is 62.6 Å². The fourth-order valence-electron chi connectivity index (χ4n) is 14.0. The highest BCUT2D eigenvalue weighted by molar-refractivity contribution is 5.84. The monoisotopic (exact) mass is 620 g/mol. The molecule has 0 spiro atoms. The number of amides is 1. The predicted molar refractivity (Wildman–Crippen MR) is 181 cm³/mol. The van der Waals surface area contributed by atoms with Crippen LogP contribution in [0, 0.1) is 62.6 Å². The number of allylic oxidation sites excluding steroid dienone is 1. The van der Waals surface area contributed by atoms with Gasteiger partial charge in [0.2, 0.25) is 5.91 Å². The molecule has 7 rings (SSSR count). The number of morpholine rings is 1. The van der Waals surface area contributed by atoms with Gasteiger partial charge in [-0.1, -0.05) is 58.9 Å². The first-order valence-electron chi connectivity index (χ1n) is 18.9. The van der Waals surface area contributed by atoms with Crippen molar-refractivity contribution < 1.29 is 14.6 Å². The zero-order valence-electron chi connectivity index (χ0n) is 29.5. The van der Waals surface area contributed by atoms with Gasteiger partial charge in [-0.05, 0) is 135 Å². The van der Waals surface area contributed by atoms with Gasteiger partial charge in [-0.25, -0.2) is 0 Å². The molecule has 5 heteroatoms. The third kappa shape index (κ3) is 4.73. The zero-order valence-corrected chi connectivity index (χ0v) is 29.5. The Balaban J connectivity index is 1.13. The second-order valence-electron chi connectivity index (χ2n) is 18.6. The largest absolute Gasteiger partial charge is 0.393 e. The number of rotatable bonds is 5. The lowest BCUT2D eigenvalue weighted by Gasteiger charge is -2.72. The molecule has 1 heterocycles. The molecule has 0 aromatic rings. The minimum Gasteiger partial charge on any atom is -0.393 e. The summed E-state index contributed by atoms with van der Waals surface area (Å²) in [6, 6.07) is 0.157. The molecule has 0 aromatic heterocycles. The smallest absolute Gasteiger partial charge is 0.226 e. The molecule has 0 radical (unpaired) electrons. The molecule has 5 nitrogen and oxygen atoms in total. The Morgan fingerprint density at radius 3 is 2.40 bits per heavy atom. The van der Waals surface area contributed by atoms with Gasteiger partial charge in [0, 0.05) is 25.7 Å². The van der Waals surface area contributed by atoms with Gasteiger partial charge in [-0.3, -0.25) is 9.69 Å². The molecule has 45 heavy (non-hydrogen) atoms. The summed E-state index contributed by atoms with van der Waals surface area (Å²) >= 11 is 0. The Morgan fingerprint density at radius 2 is 1.67 bits per heavy atom. The molecule has 252 valence electrons. The van der Waals surface area contributed by atoms with E-state index >= 15 is 0 Å². The quantitative estimate of drug-likeness (QED) is 0.315. The van der Waals surface area contributed by atoms with Crippen molar-refractivity contribution in [2.75, 3.05) is 32.8 Å². The van der Waals surface area contributed by atoms with Crippen LogP contribution in [0.15, 0.2) is 24.3 Å². The summed E-state index contributed by atoms with van der Waals surface area (Å²) in [5.74, 6) is 3.56. The van der Waals surface area contributed by atoms with Crippen LogP contribution in [-0.2, 0) is 9.53 Å². The topological polar surface area (TPSA) is 61.8 Å². The maximum atomic E-state index is 14.7. The summed E-state index contributed by atoms with van der Waals surface area (Å²) in [4.78, 5) is 17.2. The summed E-state index contributed by atoms with van der Waals surface area (Å²) in [6.07, 6.45) is 17.0. The number of carbonyl (C=O) groups is 1. The SMILES string of the molecule is C=C(C)[C@@H]1CC[C@]2(C(=O)N[C@@H]3C=C[C@H](CN4CCOCC4)C3)CC[C@]3(C)[C@H](CC[C@@H]4[C@@]5(C)CC[C@H](O)C(C)(C)[C@@H]5CC[C@]43C)[C@@H]12. The molecule has 0 unspecified atom stereocenters. The van der Waals surface area contributed by atoms with E-state index in [9.17, 15) is 9.90 Å². The van der Waals surface area contributed by atoms with E-state index in [1.807, 2.05) is 0 Å². The number of ether oxygens (including phenoxy) is 1. The van der Waals surface area contributed by atoms with Gasteiger partial charge in [-0.15, -0.1) is 0 Å². The van der Waals surface area contributed by atoms with Crippen LogP contribution in [0.5, 0.6) is 0 Å². The molecule has 0 bridgehead atoms. The molecule has 1 aliphatic heterocycles. The highest BCUT2D eigenvalue weighted by atomic mass is 16.5. The Bertz CT molecular complexity index is 1210. The fourth-order valence-corrected chi connectivity index (χ4v) is 14.0. The number of nitrogens with zero attached hydrogens (tertiary/aromatic N) is 1. The van der Waals surface area contributed by atoms with Crippen molar-refractivity contribution in [1.29, 1.82) is 0 Å². The first kappa shape index (κ1) is 32.4. The Labute approximate surface area is 274 Å². The molecule has 2 N–H and O–H groups in total. The van der Waals surface area contributed by atoms with Gasteiger partial charge in [0.1, 0.15) is 0 Å². The maximum absolute atomic E-state index is 14.7. The van der Waals surface area contributed by atoms with Gasteiger partial charge < -0.3 is 15.2 Å². The standard InChI is InChI=1S/C40H64N2O3/c1-26(2)29-12-17-40(35(44)41-28-9-8-27(24-28)25-42-20-22-45-23-21-42)19-18-38(6)30(34(29)40)10-11-32-37(5)15-14-33(43)36(3,4)31(37)13-16-39(32,38)7/h8-9,27-34,43H,1,10-25H2,2-7H3,(H,41,44)/t27-,28+,29-,30+,31-,32+,33-,34+,37-,38+,39+,40-/m0/s1. The van der Waals surface area contributed by atoms with Crippen LogP contribution in [0.2, 0.25) is 0 Å². The number of hydrogen-bond acceptors (Lipinski definition) is 4. The van der Waals surface area contributed by atoms with Gasteiger partial charge in [0.05, 0.1) is 24.7 Å². The van der Waals surface area contributed by atoms with E-state index in [1.165, 1.54) is 37.7 Å². The van der Waals surface area contributed by atoms with Crippen molar-refractivity contribution in [3.05, 3.63) is 24.3 Å². The van der Waals surface area contributed by atoms with Crippen molar-refractivity contribution in [3.63, 3.8) is 0 Å². The molecule has 5 saturated carbocycles. The first-order chi connectivity index (χ1) is 21.3. The number of hydrogen-bond donors (Lipinski definition) is 2. The van der Waals surface area contributed by atoms with Crippen molar-refractivity contribution >= 4 is 5.91 Å². The molecule has 7 aliphatic rings. The molecule has 1 saturated heterocycles. The lowest BCUT2D eigenvalue weighted by Crippen LogP contribution is -2.67. The second-order valence-corrected chi connectivity index (χ2v) is 18.6. The number of carbonyl (C=O) groups excluding carboxylic acids is 1. The zero-order chi connectivity index (χ0) is 32.0. The van der Waals surface area contributed by atoms with Crippen LogP contribution in [0.4, 0.5) is 0 Å². The number of aliphatic hydroxyl groups excluding tert-OH is 1. The lowest BCUT2D eigenvalue weighted by molar-refractivity contribution is -0.246. The summed E-state index contributed by atoms with van der Waals surface area (Å²) in [5.41, 5.74) is 1.81.